The molecule has 1 unspecified atom stereocenters. The van der Waals surface area contributed by atoms with Crippen LogP contribution in [-0.4, -0.2) is 29.2 Å². The summed E-state index contributed by atoms with van der Waals surface area (Å²) in [6.45, 7) is 7.08. The third-order valence-corrected chi connectivity index (χ3v) is 5.77. The number of ether oxygens (including phenoxy) is 2. The Labute approximate surface area is 189 Å². The molecule has 0 saturated heterocycles. The van der Waals surface area contributed by atoms with Crippen molar-refractivity contribution in [3.8, 4) is 11.5 Å². The third kappa shape index (κ3) is 4.96. The molecule has 1 N–H and O–H groups in total. The highest BCUT2D eigenvalue weighted by Gasteiger charge is 2.31. The van der Waals surface area contributed by atoms with E-state index in [-0.39, 0.29) is 17.9 Å². The number of hydrogen-bond donors (Lipinski definition) is 1. The Hall–Kier alpha value is -3.28. The molecule has 2 aromatic carbocycles. The summed E-state index contributed by atoms with van der Waals surface area (Å²) in [6, 6.07) is 13.9. The zero-order valence-corrected chi connectivity index (χ0v) is 18.8. The topological polar surface area (TPSA) is 65.4 Å². The van der Waals surface area contributed by atoms with Crippen LogP contribution in [0.25, 0.3) is 11.0 Å². The number of benzene rings is 2. The molecule has 168 valence electrons. The number of allylic oxidation sites excluding steroid dienone is 1. The summed E-state index contributed by atoms with van der Waals surface area (Å²) >= 11 is 0. The molecule has 1 aliphatic carbocycles. The number of fused-ring (bicyclic) bond motifs is 1. The molecule has 3 aromatic rings. The van der Waals surface area contributed by atoms with Gasteiger partial charge in [0.1, 0.15) is 5.82 Å². The average Bonchev–Trinajstić information content (AvgIpc) is 3.59. The number of aryl methyl sites for hydroxylation is 1. The highest BCUT2D eigenvalue weighted by Crippen LogP contribution is 2.31. The second-order valence-corrected chi connectivity index (χ2v) is 8.29. The molecule has 6 nitrogen and oxygen atoms in total. The van der Waals surface area contributed by atoms with Gasteiger partial charge in [-0.3, -0.25) is 4.79 Å². The van der Waals surface area contributed by atoms with Crippen LogP contribution in [0.5, 0.6) is 11.5 Å². The maximum absolute atomic E-state index is 12.3. The predicted octanol–water partition coefficient (Wildman–Crippen LogP) is 4.83. The summed E-state index contributed by atoms with van der Waals surface area (Å²) in [7, 11) is 1.65. The summed E-state index contributed by atoms with van der Waals surface area (Å²) in [5, 5.41) is 3.13. The van der Waals surface area contributed by atoms with Crippen molar-refractivity contribution in [3.05, 3.63) is 66.5 Å². The van der Waals surface area contributed by atoms with E-state index in [1.807, 2.05) is 49.4 Å². The van der Waals surface area contributed by atoms with E-state index < -0.39 is 0 Å². The largest absolute Gasteiger partial charge is 0.493 e. The first-order chi connectivity index (χ1) is 15.6. The lowest BCUT2D eigenvalue weighted by Crippen LogP contribution is -2.30. The summed E-state index contributed by atoms with van der Waals surface area (Å²) in [5.41, 5.74) is 3.15. The SMILES string of the molecule is C=CCc1ccc(OCCCn2c(C(C)NC(=O)C3CC3)nc3ccccc32)c(OC)c1. The third-order valence-electron chi connectivity index (χ3n) is 5.77. The fraction of sp³-hybridized carbons (Fsp3) is 0.385. The van der Waals surface area contributed by atoms with E-state index in [0.717, 1.165) is 66.1 Å². The Balaban J connectivity index is 1.43. The molecule has 1 heterocycles. The van der Waals surface area contributed by atoms with Crippen LogP contribution in [0.4, 0.5) is 0 Å². The van der Waals surface area contributed by atoms with E-state index in [1.165, 1.54) is 0 Å². The molecule has 0 aliphatic heterocycles. The Bertz CT molecular complexity index is 1100. The number of imidazole rings is 1. The van der Waals surface area contributed by atoms with E-state index in [4.69, 9.17) is 14.5 Å². The molecule has 4 rings (SSSR count). The maximum atomic E-state index is 12.3. The normalized spacial score (nSPS) is 14.2. The standard InChI is InChI=1S/C26H31N3O3/c1-4-8-19-11-14-23(24(17-19)31-3)32-16-7-15-29-22-10-6-5-9-21(22)28-25(29)18(2)27-26(30)20-12-13-20/h4-6,9-11,14,17-18,20H,1,7-8,12-13,15-16H2,2-3H3,(H,27,30). The van der Waals surface area contributed by atoms with Crippen LogP contribution in [0.2, 0.25) is 0 Å². The number of rotatable bonds is 11. The van der Waals surface area contributed by atoms with Crippen LogP contribution in [0.15, 0.2) is 55.1 Å². The molecule has 1 atom stereocenters. The monoisotopic (exact) mass is 433 g/mol. The van der Waals surface area contributed by atoms with Gasteiger partial charge in [-0.25, -0.2) is 4.98 Å². The predicted molar refractivity (Wildman–Crippen MR) is 126 cm³/mol. The zero-order chi connectivity index (χ0) is 22.5. The van der Waals surface area contributed by atoms with Gasteiger partial charge in [-0.15, -0.1) is 6.58 Å². The first kappa shape index (κ1) is 21.9. The molecule has 1 amide bonds. The molecular formula is C26H31N3O3. The van der Waals surface area contributed by atoms with Gasteiger partial charge in [0, 0.05) is 12.5 Å². The fourth-order valence-electron chi connectivity index (χ4n) is 3.93. The molecule has 1 fully saturated rings. The van der Waals surface area contributed by atoms with Gasteiger partial charge in [-0.2, -0.15) is 0 Å². The van der Waals surface area contributed by atoms with Gasteiger partial charge in [0.25, 0.3) is 0 Å². The maximum Gasteiger partial charge on any atom is 0.223 e. The van der Waals surface area contributed by atoms with Crippen LogP contribution in [-0.2, 0) is 17.8 Å². The molecule has 0 spiro atoms. The highest BCUT2D eigenvalue weighted by molar-refractivity contribution is 5.81. The molecule has 1 aliphatic rings. The molecule has 1 saturated carbocycles. The van der Waals surface area contributed by atoms with Gasteiger partial charge in [-0.1, -0.05) is 24.3 Å². The molecule has 0 radical (unpaired) electrons. The fourth-order valence-corrected chi connectivity index (χ4v) is 3.93. The Morgan fingerprint density at radius 1 is 1.28 bits per heavy atom. The Morgan fingerprint density at radius 3 is 2.84 bits per heavy atom. The van der Waals surface area contributed by atoms with Crippen molar-refractivity contribution in [2.24, 2.45) is 5.92 Å². The number of carbonyl (C=O) groups is 1. The van der Waals surface area contributed by atoms with Gasteiger partial charge in [0.2, 0.25) is 5.91 Å². The van der Waals surface area contributed by atoms with Crippen molar-refractivity contribution >= 4 is 16.9 Å². The zero-order valence-electron chi connectivity index (χ0n) is 18.8. The van der Waals surface area contributed by atoms with E-state index >= 15 is 0 Å². The van der Waals surface area contributed by atoms with Crippen molar-refractivity contribution in [3.63, 3.8) is 0 Å². The van der Waals surface area contributed by atoms with Crippen molar-refractivity contribution in [1.29, 1.82) is 0 Å². The van der Waals surface area contributed by atoms with Gasteiger partial charge in [-0.05, 0) is 62.4 Å². The van der Waals surface area contributed by atoms with Crippen LogP contribution >= 0.6 is 0 Å². The molecule has 32 heavy (non-hydrogen) atoms. The van der Waals surface area contributed by atoms with E-state index in [0.29, 0.717) is 6.61 Å². The number of carbonyl (C=O) groups excluding carboxylic acids is 1. The van der Waals surface area contributed by atoms with Gasteiger partial charge < -0.3 is 19.4 Å². The minimum atomic E-state index is -0.145. The van der Waals surface area contributed by atoms with Crippen molar-refractivity contribution in [2.75, 3.05) is 13.7 Å². The Morgan fingerprint density at radius 2 is 2.09 bits per heavy atom. The summed E-state index contributed by atoms with van der Waals surface area (Å²) in [6.07, 6.45) is 5.45. The number of para-hydroxylation sites is 2. The van der Waals surface area contributed by atoms with E-state index in [1.54, 1.807) is 7.11 Å². The second-order valence-electron chi connectivity index (χ2n) is 8.29. The lowest BCUT2D eigenvalue weighted by molar-refractivity contribution is -0.123. The lowest BCUT2D eigenvalue weighted by Gasteiger charge is -2.17. The van der Waals surface area contributed by atoms with Crippen LogP contribution < -0.4 is 14.8 Å². The smallest absolute Gasteiger partial charge is 0.223 e. The Kier molecular flexibility index (Phi) is 6.78. The number of hydrogen-bond acceptors (Lipinski definition) is 4. The highest BCUT2D eigenvalue weighted by atomic mass is 16.5. The number of nitrogens with zero attached hydrogens (tertiary/aromatic N) is 2. The first-order valence-corrected chi connectivity index (χ1v) is 11.3. The summed E-state index contributed by atoms with van der Waals surface area (Å²) in [4.78, 5) is 17.1. The van der Waals surface area contributed by atoms with Crippen LogP contribution in [0.3, 0.4) is 0 Å². The lowest BCUT2D eigenvalue weighted by atomic mass is 10.1. The molecular weight excluding hydrogens is 402 g/mol. The number of amides is 1. The van der Waals surface area contributed by atoms with E-state index in [2.05, 4.69) is 22.5 Å². The number of aromatic nitrogens is 2. The number of methoxy groups -OCH3 is 1. The minimum absolute atomic E-state index is 0.131. The van der Waals surface area contributed by atoms with Crippen molar-refractivity contribution < 1.29 is 14.3 Å². The minimum Gasteiger partial charge on any atom is -0.493 e. The molecule has 6 heteroatoms. The van der Waals surface area contributed by atoms with Gasteiger partial charge in [0.15, 0.2) is 11.5 Å². The average molecular weight is 434 g/mol. The summed E-state index contributed by atoms with van der Waals surface area (Å²) < 4.78 is 13.7. The van der Waals surface area contributed by atoms with Crippen molar-refractivity contribution in [2.45, 2.75) is 45.2 Å². The second kappa shape index (κ2) is 9.90. The van der Waals surface area contributed by atoms with Crippen LogP contribution in [0, 0.1) is 5.92 Å². The van der Waals surface area contributed by atoms with Gasteiger partial charge in [0.05, 0.1) is 30.8 Å². The van der Waals surface area contributed by atoms with E-state index in [9.17, 15) is 4.79 Å². The number of nitrogens with one attached hydrogen (secondary N) is 1. The first-order valence-electron chi connectivity index (χ1n) is 11.3. The van der Waals surface area contributed by atoms with Crippen molar-refractivity contribution in [1.82, 2.24) is 14.9 Å². The van der Waals surface area contributed by atoms with Gasteiger partial charge >= 0.3 is 0 Å². The molecule has 1 aromatic heterocycles. The quantitative estimate of drug-likeness (QED) is 0.347. The van der Waals surface area contributed by atoms with Crippen LogP contribution in [0.1, 0.15) is 43.6 Å². The summed E-state index contributed by atoms with van der Waals surface area (Å²) in [5.74, 6) is 2.66. The molecule has 0 bridgehead atoms.